The Labute approximate surface area is 192 Å². The molecule has 3 heterocycles. The van der Waals surface area contributed by atoms with Crippen LogP contribution in [0.2, 0.25) is 5.02 Å². The van der Waals surface area contributed by atoms with Crippen LogP contribution in [0.4, 0.5) is 10.8 Å². The Morgan fingerprint density at radius 1 is 1.12 bits per heavy atom. The lowest BCUT2D eigenvalue weighted by molar-refractivity contribution is 0.122. The van der Waals surface area contributed by atoms with Crippen molar-refractivity contribution in [2.24, 2.45) is 4.99 Å². The second-order valence-corrected chi connectivity index (χ2v) is 8.54. The van der Waals surface area contributed by atoms with Crippen molar-refractivity contribution in [3.63, 3.8) is 0 Å². The van der Waals surface area contributed by atoms with Gasteiger partial charge in [-0.1, -0.05) is 29.8 Å². The van der Waals surface area contributed by atoms with Gasteiger partial charge in [-0.2, -0.15) is 0 Å². The number of morpholine rings is 1. The molecular formula is C23H19ClN4O3S. The summed E-state index contributed by atoms with van der Waals surface area (Å²) in [5, 5.41) is 15.3. The number of aromatic hydroxyl groups is 1. The quantitative estimate of drug-likeness (QED) is 0.451. The molecule has 0 spiro atoms. The van der Waals surface area contributed by atoms with Crippen molar-refractivity contribution in [1.29, 1.82) is 0 Å². The number of nitrogens with zero attached hydrogens (tertiary/aromatic N) is 4. The molecule has 0 radical (unpaired) electrons. The Hall–Kier alpha value is -3.20. The predicted octanol–water partition coefficient (Wildman–Crippen LogP) is 4.39. The molecule has 0 amide bonds. The number of thiazole rings is 1. The standard InChI is InChI=1S/C23H19ClN4O3S/c24-15-5-6-19(27-8-10-31-11-9-27)20(13-15)28-21(29)17-4-2-1-3-16(17)18(22(28)30)14-26-23-25-7-12-32-23/h1-7,12-14,30H,8-11H2/b26-14+. The Balaban J connectivity index is 1.77. The van der Waals surface area contributed by atoms with Gasteiger partial charge in [0.2, 0.25) is 11.0 Å². The molecule has 5 rings (SSSR count). The van der Waals surface area contributed by atoms with Gasteiger partial charge in [-0.3, -0.25) is 4.79 Å². The maximum atomic E-state index is 13.5. The highest BCUT2D eigenvalue weighted by Gasteiger charge is 2.22. The first-order valence-corrected chi connectivity index (χ1v) is 11.3. The van der Waals surface area contributed by atoms with Crippen LogP contribution in [0.3, 0.4) is 0 Å². The Morgan fingerprint density at radius 2 is 1.91 bits per heavy atom. The van der Waals surface area contributed by atoms with Crippen LogP contribution in [0.1, 0.15) is 5.56 Å². The van der Waals surface area contributed by atoms with Crippen molar-refractivity contribution in [2.75, 3.05) is 31.2 Å². The van der Waals surface area contributed by atoms with E-state index in [9.17, 15) is 9.90 Å². The van der Waals surface area contributed by atoms with Gasteiger partial charge >= 0.3 is 0 Å². The lowest BCUT2D eigenvalue weighted by atomic mass is 10.1. The summed E-state index contributed by atoms with van der Waals surface area (Å²) in [6, 6.07) is 12.5. The van der Waals surface area contributed by atoms with Crippen LogP contribution in [-0.4, -0.2) is 47.2 Å². The van der Waals surface area contributed by atoms with Crippen LogP contribution in [0.25, 0.3) is 16.5 Å². The Kier molecular flexibility index (Phi) is 5.65. The number of aliphatic imine (C=N–C) groups is 1. The highest BCUT2D eigenvalue weighted by Crippen LogP contribution is 2.33. The van der Waals surface area contributed by atoms with E-state index < -0.39 is 0 Å². The summed E-state index contributed by atoms with van der Waals surface area (Å²) in [7, 11) is 0. The fraction of sp³-hybridized carbons (Fsp3) is 0.174. The summed E-state index contributed by atoms with van der Waals surface area (Å²) in [5.41, 5.74) is 1.41. The first-order valence-electron chi connectivity index (χ1n) is 10.1. The fourth-order valence-corrected chi connectivity index (χ4v) is 4.50. The molecule has 1 N–H and O–H groups in total. The molecule has 1 aliphatic heterocycles. The third-order valence-corrected chi connectivity index (χ3v) is 6.27. The average molecular weight is 467 g/mol. The molecule has 32 heavy (non-hydrogen) atoms. The minimum atomic E-state index is -0.332. The summed E-state index contributed by atoms with van der Waals surface area (Å²) in [6.45, 7) is 2.53. The second-order valence-electron chi connectivity index (χ2n) is 7.23. The smallest absolute Gasteiger partial charge is 0.265 e. The number of rotatable bonds is 4. The van der Waals surface area contributed by atoms with Crippen molar-refractivity contribution in [3.8, 4) is 11.6 Å². The predicted molar refractivity (Wildman–Crippen MR) is 129 cm³/mol. The number of anilines is 1. The van der Waals surface area contributed by atoms with Gasteiger partial charge in [0.1, 0.15) is 0 Å². The molecule has 0 saturated carbocycles. The third-order valence-electron chi connectivity index (χ3n) is 5.36. The highest BCUT2D eigenvalue weighted by atomic mass is 35.5. The normalized spacial score (nSPS) is 14.5. The minimum Gasteiger partial charge on any atom is -0.494 e. The largest absolute Gasteiger partial charge is 0.494 e. The first-order chi connectivity index (χ1) is 15.6. The van der Waals surface area contributed by atoms with E-state index in [0.29, 0.717) is 58.5 Å². The molecule has 0 bridgehead atoms. The molecule has 9 heteroatoms. The number of fused-ring (bicyclic) bond motifs is 1. The number of ether oxygens (including phenoxy) is 1. The van der Waals surface area contributed by atoms with Crippen LogP contribution in [-0.2, 0) is 4.74 Å². The third kappa shape index (κ3) is 3.77. The maximum Gasteiger partial charge on any atom is 0.265 e. The van der Waals surface area contributed by atoms with Crippen molar-refractivity contribution in [2.45, 2.75) is 0 Å². The van der Waals surface area contributed by atoms with Gasteiger partial charge in [-0.25, -0.2) is 14.5 Å². The van der Waals surface area contributed by atoms with Crippen molar-refractivity contribution >= 4 is 50.7 Å². The zero-order valence-corrected chi connectivity index (χ0v) is 18.5. The molecule has 0 atom stereocenters. The van der Waals surface area contributed by atoms with E-state index in [0.717, 1.165) is 5.69 Å². The van der Waals surface area contributed by atoms with Gasteiger partial charge in [-0.15, -0.1) is 11.3 Å². The maximum absolute atomic E-state index is 13.5. The van der Waals surface area contributed by atoms with E-state index in [2.05, 4.69) is 14.9 Å². The van der Waals surface area contributed by atoms with Crippen LogP contribution < -0.4 is 10.5 Å². The van der Waals surface area contributed by atoms with Crippen molar-refractivity contribution in [1.82, 2.24) is 9.55 Å². The average Bonchev–Trinajstić information content (AvgIpc) is 3.33. The molecule has 7 nitrogen and oxygen atoms in total. The van der Waals surface area contributed by atoms with Gasteiger partial charge in [0.05, 0.1) is 30.2 Å². The Morgan fingerprint density at radius 3 is 2.66 bits per heavy atom. The summed E-state index contributed by atoms with van der Waals surface area (Å²) in [4.78, 5) is 24.2. The lowest BCUT2D eigenvalue weighted by Gasteiger charge is -2.31. The summed E-state index contributed by atoms with van der Waals surface area (Å²) in [6.07, 6.45) is 3.21. The first kappa shape index (κ1) is 20.7. The van der Waals surface area contributed by atoms with Gasteiger partial charge in [0.25, 0.3) is 5.56 Å². The fourth-order valence-electron chi connectivity index (χ4n) is 3.86. The van der Waals surface area contributed by atoms with E-state index in [4.69, 9.17) is 16.3 Å². The monoisotopic (exact) mass is 466 g/mol. The van der Waals surface area contributed by atoms with Gasteiger partial charge < -0.3 is 14.7 Å². The number of hydrogen-bond acceptors (Lipinski definition) is 7. The molecule has 0 unspecified atom stereocenters. The number of benzene rings is 2. The molecule has 1 saturated heterocycles. The summed E-state index contributed by atoms with van der Waals surface area (Å²) < 4.78 is 6.78. The minimum absolute atomic E-state index is 0.203. The van der Waals surface area contributed by atoms with E-state index in [1.807, 2.05) is 17.5 Å². The van der Waals surface area contributed by atoms with Crippen LogP contribution in [0, 0.1) is 0 Å². The summed E-state index contributed by atoms with van der Waals surface area (Å²) >= 11 is 7.71. The second kappa shape index (κ2) is 8.74. The topological polar surface area (TPSA) is 79.9 Å². The molecule has 2 aromatic carbocycles. The van der Waals surface area contributed by atoms with E-state index in [-0.39, 0.29) is 11.4 Å². The number of aromatic nitrogens is 2. The number of halogens is 1. The molecule has 4 aromatic rings. The lowest BCUT2D eigenvalue weighted by Crippen LogP contribution is -2.37. The van der Waals surface area contributed by atoms with Gasteiger partial charge in [0, 0.05) is 46.7 Å². The molecular weight excluding hydrogens is 448 g/mol. The van der Waals surface area contributed by atoms with Crippen molar-refractivity contribution in [3.05, 3.63) is 75.0 Å². The van der Waals surface area contributed by atoms with Crippen LogP contribution >= 0.6 is 22.9 Å². The van der Waals surface area contributed by atoms with Crippen molar-refractivity contribution < 1.29 is 9.84 Å². The summed E-state index contributed by atoms with van der Waals surface area (Å²) in [5.74, 6) is -0.203. The van der Waals surface area contributed by atoms with Crippen LogP contribution in [0.15, 0.2) is 63.8 Å². The molecule has 2 aromatic heterocycles. The zero-order chi connectivity index (χ0) is 22.1. The molecule has 1 fully saturated rings. The van der Waals surface area contributed by atoms with E-state index >= 15 is 0 Å². The molecule has 162 valence electrons. The Bertz CT molecular complexity index is 1360. The SMILES string of the molecule is O=c1c2ccccc2c(/C=N/c2nccs2)c(O)n1-c1cc(Cl)ccc1N1CCOCC1. The molecule has 0 aliphatic carbocycles. The van der Waals surface area contributed by atoms with E-state index in [1.54, 1.807) is 42.7 Å². The molecule has 1 aliphatic rings. The number of hydrogen-bond donors (Lipinski definition) is 1. The van der Waals surface area contributed by atoms with Gasteiger partial charge in [0.15, 0.2) is 0 Å². The van der Waals surface area contributed by atoms with Crippen LogP contribution in [0.5, 0.6) is 5.88 Å². The van der Waals surface area contributed by atoms with E-state index in [1.165, 1.54) is 15.9 Å². The zero-order valence-electron chi connectivity index (χ0n) is 16.9. The highest BCUT2D eigenvalue weighted by molar-refractivity contribution is 7.13. The number of pyridine rings is 1. The van der Waals surface area contributed by atoms with Gasteiger partial charge in [-0.05, 0) is 24.3 Å².